The minimum atomic E-state index is -0.253. The Hall–Kier alpha value is -0.0600. The van der Waals surface area contributed by atoms with Gasteiger partial charge in [-0.15, -0.1) is 0 Å². The SMILES string of the molecule is CC1=C(I)C(=O)C(C)O1. The van der Waals surface area contributed by atoms with Crippen molar-refractivity contribution in [3.63, 3.8) is 0 Å². The van der Waals surface area contributed by atoms with Crippen molar-refractivity contribution in [3.8, 4) is 0 Å². The van der Waals surface area contributed by atoms with Crippen LogP contribution in [0.1, 0.15) is 13.8 Å². The van der Waals surface area contributed by atoms with Gasteiger partial charge in [0.2, 0.25) is 5.78 Å². The van der Waals surface area contributed by atoms with Crippen LogP contribution in [0, 0.1) is 0 Å². The van der Waals surface area contributed by atoms with Gasteiger partial charge in [0, 0.05) is 0 Å². The number of carbonyl (C=O) groups excluding carboxylic acids is 1. The second-order valence-electron chi connectivity index (χ2n) is 1.99. The molecule has 0 saturated heterocycles. The zero-order valence-electron chi connectivity index (χ0n) is 5.27. The summed E-state index contributed by atoms with van der Waals surface area (Å²) in [5.74, 6) is 0.862. The van der Waals surface area contributed by atoms with E-state index in [9.17, 15) is 4.79 Å². The van der Waals surface area contributed by atoms with Crippen molar-refractivity contribution in [2.75, 3.05) is 0 Å². The van der Waals surface area contributed by atoms with Gasteiger partial charge in [-0.2, -0.15) is 0 Å². The Kier molecular flexibility index (Phi) is 1.79. The molecule has 0 bridgehead atoms. The van der Waals surface area contributed by atoms with E-state index in [-0.39, 0.29) is 11.9 Å². The van der Waals surface area contributed by atoms with E-state index in [0.717, 1.165) is 9.34 Å². The van der Waals surface area contributed by atoms with Crippen LogP contribution in [0.3, 0.4) is 0 Å². The summed E-state index contributed by atoms with van der Waals surface area (Å²) in [5.41, 5.74) is 0. The fourth-order valence-corrected chi connectivity index (χ4v) is 1.29. The molecular formula is C6H7IO2. The standard InChI is InChI=1S/C6H7IO2/c1-3-5(7)6(8)4(2)9-3/h4H,1-2H3. The molecule has 0 aromatic carbocycles. The first kappa shape index (κ1) is 7.05. The first-order valence-electron chi connectivity index (χ1n) is 2.70. The molecule has 1 aliphatic rings. The van der Waals surface area contributed by atoms with Crippen molar-refractivity contribution in [2.24, 2.45) is 0 Å². The molecule has 0 radical (unpaired) electrons. The van der Waals surface area contributed by atoms with Crippen LogP contribution in [-0.2, 0) is 9.53 Å². The second-order valence-corrected chi connectivity index (χ2v) is 3.07. The third kappa shape index (κ3) is 1.10. The third-order valence-electron chi connectivity index (χ3n) is 1.25. The molecule has 0 N–H and O–H groups in total. The lowest BCUT2D eigenvalue weighted by Crippen LogP contribution is -2.11. The van der Waals surface area contributed by atoms with E-state index >= 15 is 0 Å². The smallest absolute Gasteiger partial charge is 0.212 e. The van der Waals surface area contributed by atoms with Crippen LogP contribution in [0.5, 0.6) is 0 Å². The highest BCUT2D eigenvalue weighted by molar-refractivity contribution is 14.1. The predicted octanol–water partition coefficient (Wildman–Crippen LogP) is 1.64. The maximum absolute atomic E-state index is 10.9. The number of ketones is 1. The second kappa shape index (κ2) is 2.28. The van der Waals surface area contributed by atoms with Crippen LogP contribution in [-0.4, -0.2) is 11.9 Å². The average molecular weight is 238 g/mol. The van der Waals surface area contributed by atoms with E-state index < -0.39 is 0 Å². The Balaban J connectivity index is 2.87. The van der Waals surface area contributed by atoms with E-state index in [1.165, 1.54) is 0 Å². The lowest BCUT2D eigenvalue weighted by Gasteiger charge is -2.00. The summed E-state index contributed by atoms with van der Waals surface area (Å²) in [5, 5.41) is 0. The van der Waals surface area contributed by atoms with Crippen molar-refractivity contribution in [1.29, 1.82) is 0 Å². The number of carbonyl (C=O) groups is 1. The number of rotatable bonds is 0. The summed E-state index contributed by atoms with van der Waals surface area (Å²) < 4.78 is 5.84. The van der Waals surface area contributed by atoms with E-state index in [4.69, 9.17) is 4.74 Å². The van der Waals surface area contributed by atoms with Crippen LogP contribution in [0.25, 0.3) is 0 Å². The van der Waals surface area contributed by atoms with Gasteiger partial charge in [0.15, 0.2) is 6.10 Å². The number of hydrogen-bond donors (Lipinski definition) is 0. The molecule has 1 atom stereocenters. The van der Waals surface area contributed by atoms with E-state index in [0.29, 0.717) is 0 Å². The summed E-state index contributed by atoms with van der Waals surface area (Å²) in [6.45, 7) is 3.57. The van der Waals surface area contributed by atoms with Crippen LogP contribution in [0.4, 0.5) is 0 Å². The van der Waals surface area contributed by atoms with Crippen LogP contribution in [0.2, 0.25) is 0 Å². The van der Waals surface area contributed by atoms with Crippen LogP contribution < -0.4 is 0 Å². The molecule has 0 saturated carbocycles. The molecule has 0 fully saturated rings. The van der Waals surface area contributed by atoms with Crippen molar-refractivity contribution in [1.82, 2.24) is 0 Å². The topological polar surface area (TPSA) is 26.3 Å². The quantitative estimate of drug-likeness (QED) is 0.599. The predicted molar refractivity (Wildman–Crippen MR) is 42.3 cm³/mol. The van der Waals surface area contributed by atoms with Gasteiger partial charge in [-0.25, -0.2) is 0 Å². The Bertz CT molecular complexity index is 183. The summed E-state index contributed by atoms with van der Waals surface area (Å²) in [6, 6.07) is 0. The summed E-state index contributed by atoms with van der Waals surface area (Å²) in [7, 11) is 0. The molecule has 0 aliphatic carbocycles. The highest BCUT2D eigenvalue weighted by atomic mass is 127. The number of halogens is 1. The number of allylic oxidation sites excluding steroid dienone is 1. The normalized spacial score (nSPS) is 27.0. The summed E-state index contributed by atoms with van der Waals surface area (Å²) in [6.07, 6.45) is -0.253. The highest BCUT2D eigenvalue weighted by Gasteiger charge is 2.26. The van der Waals surface area contributed by atoms with Gasteiger partial charge < -0.3 is 4.74 Å². The van der Waals surface area contributed by atoms with Crippen LogP contribution in [0.15, 0.2) is 9.34 Å². The number of ether oxygens (including phenoxy) is 1. The molecule has 1 unspecified atom stereocenters. The fourth-order valence-electron chi connectivity index (χ4n) is 0.722. The summed E-state index contributed by atoms with van der Waals surface area (Å²) >= 11 is 2.00. The molecule has 2 nitrogen and oxygen atoms in total. The lowest BCUT2D eigenvalue weighted by molar-refractivity contribution is -0.119. The highest BCUT2D eigenvalue weighted by Crippen LogP contribution is 2.25. The molecule has 0 amide bonds. The van der Waals surface area contributed by atoms with Gasteiger partial charge >= 0.3 is 0 Å². The van der Waals surface area contributed by atoms with Crippen molar-refractivity contribution < 1.29 is 9.53 Å². The first-order valence-corrected chi connectivity index (χ1v) is 3.78. The fraction of sp³-hybridized carbons (Fsp3) is 0.500. The molecular weight excluding hydrogens is 231 g/mol. The lowest BCUT2D eigenvalue weighted by atomic mass is 10.3. The van der Waals surface area contributed by atoms with E-state index in [1.54, 1.807) is 6.92 Å². The number of hydrogen-bond acceptors (Lipinski definition) is 2. The van der Waals surface area contributed by atoms with E-state index in [2.05, 4.69) is 0 Å². The Labute approximate surface area is 67.4 Å². The maximum Gasteiger partial charge on any atom is 0.212 e. The molecule has 1 heterocycles. The Morgan fingerprint density at radius 1 is 1.67 bits per heavy atom. The maximum atomic E-state index is 10.9. The largest absolute Gasteiger partial charge is 0.486 e. The molecule has 50 valence electrons. The zero-order valence-corrected chi connectivity index (χ0v) is 7.43. The molecule has 0 aromatic rings. The first-order chi connectivity index (χ1) is 4.13. The molecule has 3 heteroatoms. The Morgan fingerprint density at radius 3 is 2.33 bits per heavy atom. The van der Waals surface area contributed by atoms with E-state index in [1.807, 2.05) is 29.5 Å². The third-order valence-corrected chi connectivity index (χ3v) is 2.54. The minimum absolute atomic E-state index is 0.105. The van der Waals surface area contributed by atoms with Gasteiger partial charge in [-0.05, 0) is 36.4 Å². The zero-order chi connectivity index (χ0) is 7.02. The molecule has 0 spiro atoms. The van der Waals surface area contributed by atoms with Gasteiger partial charge in [-0.1, -0.05) is 0 Å². The summed E-state index contributed by atoms with van der Waals surface area (Å²) in [4.78, 5) is 10.9. The molecule has 1 rings (SSSR count). The average Bonchev–Trinajstić information content (AvgIpc) is 1.98. The molecule has 0 aromatic heterocycles. The van der Waals surface area contributed by atoms with Crippen molar-refractivity contribution in [2.45, 2.75) is 20.0 Å². The molecule has 1 aliphatic heterocycles. The van der Waals surface area contributed by atoms with Crippen molar-refractivity contribution in [3.05, 3.63) is 9.34 Å². The van der Waals surface area contributed by atoms with Gasteiger partial charge in [0.25, 0.3) is 0 Å². The van der Waals surface area contributed by atoms with Gasteiger partial charge in [0.05, 0.1) is 3.58 Å². The minimum Gasteiger partial charge on any atom is -0.486 e. The van der Waals surface area contributed by atoms with Crippen LogP contribution >= 0.6 is 22.6 Å². The van der Waals surface area contributed by atoms with Gasteiger partial charge in [0.1, 0.15) is 5.76 Å². The monoisotopic (exact) mass is 238 g/mol. The molecule has 9 heavy (non-hydrogen) atoms. The van der Waals surface area contributed by atoms with Crippen molar-refractivity contribution >= 4 is 28.4 Å². The number of Topliss-reactive ketones (excluding diaryl/α,β-unsaturated/α-hetero) is 1. The Morgan fingerprint density at radius 2 is 2.22 bits per heavy atom. The van der Waals surface area contributed by atoms with Gasteiger partial charge in [-0.3, -0.25) is 4.79 Å².